The first kappa shape index (κ1) is 9.04. The molecule has 0 spiro atoms. The van der Waals surface area contributed by atoms with Gasteiger partial charge in [0.25, 0.3) is 0 Å². The van der Waals surface area contributed by atoms with Gasteiger partial charge in [-0.1, -0.05) is 6.08 Å². The van der Waals surface area contributed by atoms with E-state index in [9.17, 15) is 4.79 Å². The summed E-state index contributed by atoms with van der Waals surface area (Å²) in [6, 6.07) is 0. The van der Waals surface area contributed by atoms with E-state index in [1.165, 1.54) is 0 Å². The minimum absolute atomic E-state index is 0.173. The minimum Gasteiger partial charge on any atom is -0.501 e. The van der Waals surface area contributed by atoms with Crippen LogP contribution in [0.4, 0.5) is 0 Å². The zero-order chi connectivity index (χ0) is 8.97. The molecule has 1 atom stereocenters. The third-order valence-electron chi connectivity index (χ3n) is 2.13. The van der Waals surface area contributed by atoms with Gasteiger partial charge >= 0.3 is 0 Å². The Hall–Kier alpha value is -1.05. The number of carbonyl (C=O) groups excluding carboxylic acids is 1. The van der Waals surface area contributed by atoms with Crippen molar-refractivity contribution in [3.63, 3.8) is 0 Å². The summed E-state index contributed by atoms with van der Waals surface area (Å²) in [6.07, 6.45) is 5.91. The summed E-state index contributed by atoms with van der Waals surface area (Å²) in [7, 11) is 1.61. The van der Waals surface area contributed by atoms with Crippen LogP contribution in [-0.4, -0.2) is 12.9 Å². The molecule has 1 aliphatic carbocycles. The van der Waals surface area contributed by atoms with Crippen molar-refractivity contribution in [2.45, 2.75) is 19.3 Å². The Morgan fingerprint density at radius 3 is 3.17 bits per heavy atom. The Morgan fingerprint density at radius 1 is 1.83 bits per heavy atom. The van der Waals surface area contributed by atoms with E-state index in [0.717, 1.165) is 18.6 Å². The summed E-state index contributed by atoms with van der Waals surface area (Å²) in [5.41, 5.74) is 0. The highest BCUT2D eigenvalue weighted by Crippen LogP contribution is 2.26. The predicted octanol–water partition coefficient (Wildman–Crippen LogP) is 2.07. The van der Waals surface area contributed by atoms with Gasteiger partial charge in [0.1, 0.15) is 5.76 Å². The molecule has 0 saturated heterocycles. The molecule has 0 aliphatic heterocycles. The van der Waals surface area contributed by atoms with E-state index >= 15 is 0 Å². The molecular weight excluding hydrogens is 152 g/mol. The summed E-state index contributed by atoms with van der Waals surface area (Å²) in [4.78, 5) is 11.0. The molecule has 0 N–H and O–H groups in total. The topological polar surface area (TPSA) is 26.3 Å². The number of rotatable bonds is 3. The molecule has 0 amide bonds. The van der Waals surface area contributed by atoms with Crippen LogP contribution in [0.3, 0.4) is 0 Å². The highest BCUT2D eigenvalue weighted by Gasteiger charge is 2.20. The summed E-state index contributed by atoms with van der Waals surface area (Å²) in [5, 5.41) is 0. The molecule has 1 unspecified atom stereocenters. The van der Waals surface area contributed by atoms with Crippen LogP contribution >= 0.6 is 0 Å². The lowest BCUT2D eigenvalue weighted by molar-refractivity contribution is -0.115. The highest BCUT2D eigenvalue weighted by atomic mass is 16.5. The molecule has 0 radical (unpaired) electrons. The van der Waals surface area contributed by atoms with Crippen molar-refractivity contribution < 1.29 is 9.53 Å². The van der Waals surface area contributed by atoms with Crippen LogP contribution < -0.4 is 0 Å². The first-order valence-electron chi connectivity index (χ1n) is 4.17. The fourth-order valence-corrected chi connectivity index (χ4v) is 1.47. The number of methoxy groups -OCH3 is 1. The molecule has 0 fully saturated rings. The zero-order valence-corrected chi connectivity index (χ0v) is 7.38. The van der Waals surface area contributed by atoms with E-state index in [2.05, 4.69) is 6.58 Å². The van der Waals surface area contributed by atoms with E-state index in [-0.39, 0.29) is 5.78 Å². The number of hydrogen-bond donors (Lipinski definition) is 0. The number of carbonyl (C=O) groups is 1. The Labute approximate surface area is 72.9 Å². The predicted molar refractivity (Wildman–Crippen MR) is 47.6 cm³/mol. The van der Waals surface area contributed by atoms with Gasteiger partial charge in [-0.25, -0.2) is 0 Å². The van der Waals surface area contributed by atoms with Gasteiger partial charge in [0.05, 0.1) is 7.11 Å². The summed E-state index contributed by atoms with van der Waals surface area (Å²) in [6.45, 7) is 3.67. The second kappa shape index (κ2) is 4.10. The monoisotopic (exact) mass is 166 g/mol. The zero-order valence-electron chi connectivity index (χ0n) is 7.38. The van der Waals surface area contributed by atoms with Crippen LogP contribution in [0.2, 0.25) is 0 Å². The van der Waals surface area contributed by atoms with Gasteiger partial charge in [-0.3, -0.25) is 4.79 Å². The molecule has 0 bridgehead atoms. The smallest absolute Gasteiger partial charge is 0.159 e. The van der Waals surface area contributed by atoms with Crippen molar-refractivity contribution in [2.75, 3.05) is 7.11 Å². The van der Waals surface area contributed by atoms with Crippen molar-refractivity contribution in [1.82, 2.24) is 0 Å². The maximum Gasteiger partial charge on any atom is 0.159 e. The van der Waals surface area contributed by atoms with Crippen LogP contribution in [-0.2, 0) is 9.53 Å². The average molecular weight is 166 g/mol. The highest BCUT2D eigenvalue weighted by molar-refractivity contribution is 5.90. The Bertz CT molecular complexity index is 216. The first-order chi connectivity index (χ1) is 5.77. The van der Waals surface area contributed by atoms with E-state index in [1.807, 2.05) is 6.08 Å². The summed E-state index contributed by atoms with van der Waals surface area (Å²) < 4.78 is 5.12. The lowest BCUT2D eigenvalue weighted by Gasteiger charge is -2.20. The van der Waals surface area contributed by atoms with Gasteiger partial charge < -0.3 is 4.74 Å². The van der Waals surface area contributed by atoms with E-state index < -0.39 is 0 Å². The van der Waals surface area contributed by atoms with E-state index in [1.54, 1.807) is 13.2 Å². The first-order valence-corrected chi connectivity index (χ1v) is 4.17. The molecule has 0 aromatic carbocycles. The maximum absolute atomic E-state index is 11.0. The molecule has 0 saturated carbocycles. The number of ketones is 1. The Balaban J connectivity index is 2.69. The molecule has 2 heteroatoms. The van der Waals surface area contributed by atoms with Crippen molar-refractivity contribution >= 4 is 5.78 Å². The fourth-order valence-electron chi connectivity index (χ4n) is 1.47. The van der Waals surface area contributed by atoms with Gasteiger partial charge in [0.2, 0.25) is 0 Å². The SMILES string of the molecule is C=CCC1CCC(=O)C=C1OC. The van der Waals surface area contributed by atoms with E-state index in [4.69, 9.17) is 4.74 Å². The molecule has 2 nitrogen and oxygen atoms in total. The molecule has 1 rings (SSSR count). The summed E-state index contributed by atoms with van der Waals surface area (Å²) in [5.74, 6) is 1.35. The average Bonchev–Trinajstić information content (AvgIpc) is 2.08. The van der Waals surface area contributed by atoms with Gasteiger partial charge in [0.15, 0.2) is 5.78 Å². The van der Waals surface area contributed by atoms with E-state index in [0.29, 0.717) is 12.3 Å². The molecule has 1 aliphatic rings. The van der Waals surface area contributed by atoms with Gasteiger partial charge in [-0.05, 0) is 12.8 Å². The fraction of sp³-hybridized carbons (Fsp3) is 0.500. The Morgan fingerprint density at radius 2 is 2.58 bits per heavy atom. The molecule has 0 aromatic heterocycles. The van der Waals surface area contributed by atoms with Crippen LogP contribution in [0.15, 0.2) is 24.5 Å². The van der Waals surface area contributed by atoms with Gasteiger partial charge in [0, 0.05) is 18.4 Å². The third kappa shape index (κ3) is 1.97. The lowest BCUT2D eigenvalue weighted by Crippen LogP contribution is -2.14. The van der Waals surface area contributed by atoms with Crippen molar-refractivity contribution in [1.29, 1.82) is 0 Å². The molecule has 0 heterocycles. The van der Waals surface area contributed by atoms with Crippen LogP contribution in [0.5, 0.6) is 0 Å². The van der Waals surface area contributed by atoms with Crippen LogP contribution in [0.25, 0.3) is 0 Å². The maximum atomic E-state index is 11.0. The third-order valence-corrected chi connectivity index (χ3v) is 2.13. The second-order valence-corrected chi connectivity index (χ2v) is 2.98. The molecule has 12 heavy (non-hydrogen) atoms. The van der Waals surface area contributed by atoms with Crippen molar-refractivity contribution in [3.8, 4) is 0 Å². The standard InChI is InChI=1S/C10H14O2/c1-3-4-8-5-6-9(11)7-10(8)12-2/h3,7-8H,1,4-6H2,2H3. The summed E-state index contributed by atoms with van der Waals surface area (Å²) >= 11 is 0. The molecule has 66 valence electrons. The van der Waals surface area contributed by atoms with Crippen molar-refractivity contribution in [3.05, 3.63) is 24.5 Å². The second-order valence-electron chi connectivity index (χ2n) is 2.98. The lowest BCUT2D eigenvalue weighted by atomic mass is 9.90. The number of ether oxygens (including phenoxy) is 1. The van der Waals surface area contributed by atoms with Gasteiger partial charge in [-0.2, -0.15) is 0 Å². The molecule has 0 aromatic rings. The number of allylic oxidation sites excluding steroid dienone is 3. The van der Waals surface area contributed by atoms with Crippen molar-refractivity contribution in [2.24, 2.45) is 5.92 Å². The minimum atomic E-state index is 0.173. The Kier molecular flexibility index (Phi) is 3.09. The van der Waals surface area contributed by atoms with Gasteiger partial charge in [-0.15, -0.1) is 6.58 Å². The molecular formula is C10H14O2. The quantitative estimate of drug-likeness (QED) is 0.600. The largest absolute Gasteiger partial charge is 0.501 e. The van der Waals surface area contributed by atoms with Crippen LogP contribution in [0.1, 0.15) is 19.3 Å². The normalized spacial score (nSPS) is 23.2. The van der Waals surface area contributed by atoms with Crippen LogP contribution in [0, 0.1) is 5.92 Å². The number of hydrogen-bond acceptors (Lipinski definition) is 2.